The van der Waals surface area contributed by atoms with Crippen molar-refractivity contribution in [3.8, 4) is 5.69 Å². The van der Waals surface area contributed by atoms with E-state index in [-0.39, 0.29) is 5.82 Å². The molecule has 0 bridgehead atoms. The number of benzene rings is 2. The molecule has 0 saturated carbocycles. The second kappa shape index (κ2) is 4.48. The van der Waals surface area contributed by atoms with Gasteiger partial charge in [-0.05, 0) is 43.2 Å². The highest BCUT2D eigenvalue weighted by molar-refractivity contribution is 5.85. The van der Waals surface area contributed by atoms with Crippen LogP contribution in [0.25, 0.3) is 28.4 Å². The zero-order valence-electron chi connectivity index (χ0n) is 11.5. The first-order chi connectivity index (χ1) is 10.3. The van der Waals surface area contributed by atoms with Gasteiger partial charge in [-0.3, -0.25) is 0 Å². The monoisotopic (exact) mass is 278 g/mol. The maximum Gasteiger partial charge on any atom is 0.123 e. The number of nitrogens with two attached hydrogens (primary N) is 1. The molecule has 0 aliphatic heterocycles. The average molecular weight is 278 g/mol. The Morgan fingerprint density at radius 1 is 1.00 bits per heavy atom. The normalized spacial score (nSPS) is 14.0. The largest absolute Gasteiger partial charge is 0.401 e. The van der Waals surface area contributed by atoms with Gasteiger partial charge in [0.15, 0.2) is 0 Å². The molecule has 104 valence electrons. The first-order valence-corrected chi connectivity index (χ1v) is 7.10. The second-order valence-electron chi connectivity index (χ2n) is 5.36. The molecule has 1 heterocycles. The van der Waals surface area contributed by atoms with E-state index in [9.17, 15) is 4.39 Å². The fourth-order valence-electron chi connectivity index (χ4n) is 3.15. The number of aromatic nitrogens is 1. The van der Waals surface area contributed by atoms with E-state index < -0.39 is 0 Å². The van der Waals surface area contributed by atoms with Crippen molar-refractivity contribution >= 4 is 22.7 Å². The Labute approximate surface area is 121 Å². The Bertz CT molecular complexity index is 949. The molecule has 2 nitrogen and oxygen atoms in total. The zero-order chi connectivity index (χ0) is 14.4. The van der Waals surface area contributed by atoms with Crippen molar-refractivity contribution in [3.05, 3.63) is 64.9 Å². The van der Waals surface area contributed by atoms with Crippen molar-refractivity contribution in [3.63, 3.8) is 0 Å². The van der Waals surface area contributed by atoms with Gasteiger partial charge in [-0.1, -0.05) is 24.3 Å². The van der Waals surface area contributed by atoms with Gasteiger partial charge in [0, 0.05) is 22.0 Å². The van der Waals surface area contributed by atoms with Crippen LogP contribution < -0.4 is 16.3 Å². The summed E-state index contributed by atoms with van der Waals surface area (Å²) in [5.41, 5.74) is 9.25. The van der Waals surface area contributed by atoms with E-state index >= 15 is 0 Å². The predicted molar refractivity (Wildman–Crippen MR) is 83.8 cm³/mol. The first kappa shape index (κ1) is 12.2. The second-order valence-corrected chi connectivity index (χ2v) is 5.36. The van der Waals surface area contributed by atoms with Gasteiger partial charge in [0.05, 0.1) is 10.9 Å². The Morgan fingerprint density at radius 3 is 2.57 bits per heavy atom. The van der Waals surface area contributed by atoms with Crippen LogP contribution in [0, 0.1) is 5.82 Å². The number of nitrogens with zero attached hydrogens (tertiary/aromatic N) is 1. The van der Waals surface area contributed by atoms with E-state index in [1.165, 1.54) is 12.1 Å². The Hall–Kier alpha value is -2.55. The van der Waals surface area contributed by atoms with E-state index in [1.54, 1.807) is 12.1 Å². The topological polar surface area (TPSA) is 30.9 Å². The van der Waals surface area contributed by atoms with Crippen molar-refractivity contribution in [2.24, 2.45) is 5.73 Å². The molecule has 1 aromatic heterocycles. The van der Waals surface area contributed by atoms with Crippen LogP contribution in [0.1, 0.15) is 12.8 Å². The van der Waals surface area contributed by atoms with E-state index in [2.05, 4.69) is 22.8 Å². The summed E-state index contributed by atoms with van der Waals surface area (Å²) >= 11 is 0. The molecule has 2 aromatic carbocycles. The summed E-state index contributed by atoms with van der Waals surface area (Å²) in [5, 5.41) is 3.40. The summed E-state index contributed by atoms with van der Waals surface area (Å²) < 4.78 is 15.4. The maximum absolute atomic E-state index is 13.2. The summed E-state index contributed by atoms with van der Waals surface area (Å²) in [6, 6.07) is 14.8. The number of hydrogen-bond acceptors (Lipinski definition) is 1. The van der Waals surface area contributed by atoms with E-state index in [0.29, 0.717) is 0 Å². The van der Waals surface area contributed by atoms with Gasteiger partial charge < -0.3 is 10.3 Å². The molecule has 21 heavy (non-hydrogen) atoms. The van der Waals surface area contributed by atoms with Crippen LogP contribution in [0.15, 0.2) is 48.5 Å². The Balaban J connectivity index is 2.21. The van der Waals surface area contributed by atoms with Crippen molar-refractivity contribution < 1.29 is 4.39 Å². The van der Waals surface area contributed by atoms with Crippen molar-refractivity contribution in [1.29, 1.82) is 0 Å². The molecule has 4 rings (SSSR count). The molecular weight excluding hydrogens is 263 g/mol. The van der Waals surface area contributed by atoms with E-state index in [0.717, 1.165) is 45.7 Å². The van der Waals surface area contributed by atoms with Crippen LogP contribution >= 0.6 is 0 Å². The van der Waals surface area contributed by atoms with E-state index in [4.69, 9.17) is 5.73 Å². The lowest BCUT2D eigenvalue weighted by Crippen LogP contribution is -2.34. The fraction of sp³-hybridized carbons (Fsp3) is 0.111. The predicted octanol–water partition coefficient (Wildman–Crippen LogP) is 2.41. The number of rotatable bonds is 1. The van der Waals surface area contributed by atoms with Gasteiger partial charge in [0.1, 0.15) is 5.82 Å². The van der Waals surface area contributed by atoms with Gasteiger partial charge >= 0.3 is 0 Å². The fourth-order valence-corrected chi connectivity index (χ4v) is 3.15. The van der Waals surface area contributed by atoms with Crippen LogP contribution in [0.3, 0.4) is 0 Å². The van der Waals surface area contributed by atoms with Crippen LogP contribution in [0.2, 0.25) is 0 Å². The summed E-state index contributed by atoms with van der Waals surface area (Å²) in [6.45, 7) is 0. The lowest BCUT2D eigenvalue weighted by molar-refractivity contribution is 0.627. The molecule has 0 amide bonds. The van der Waals surface area contributed by atoms with Crippen LogP contribution in [-0.2, 0) is 0 Å². The Kier molecular flexibility index (Phi) is 2.61. The van der Waals surface area contributed by atoms with E-state index in [1.807, 2.05) is 12.1 Å². The third kappa shape index (κ3) is 1.77. The van der Waals surface area contributed by atoms with Crippen molar-refractivity contribution in [2.75, 3.05) is 0 Å². The number of fused-ring (bicyclic) bond motifs is 3. The van der Waals surface area contributed by atoms with Crippen LogP contribution in [0.4, 0.5) is 4.39 Å². The molecule has 0 radical (unpaired) electrons. The summed E-state index contributed by atoms with van der Waals surface area (Å²) in [7, 11) is 0. The molecule has 1 aliphatic rings. The van der Waals surface area contributed by atoms with Gasteiger partial charge in [0.25, 0.3) is 0 Å². The SMILES string of the molecule is NC1=c2c(n(-c3ccc(F)cc3)c3ccccc23)=CCC1. The molecule has 0 atom stereocenters. The van der Waals surface area contributed by atoms with Crippen LogP contribution in [-0.4, -0.2) is 4.57 Å². The lowest BCUT2D eigenvalue weighted by Gasteiger charge is -2.08. The number of para-hydroxylation sites is 1. The highest BCUT2D eigenvalue weighted by Crippen LogP contribution is 2.17. The van der Waals surface area contributed by atoms with Crippen molar-refractivity contribution in [2.45, 2.75) is 12.8 Å². The maximum atomic E-state index is 13.2. The average Bonchev–Trinajstić information content (AvgIpc) is 2.84. The molecule has 0 saturated heterocycles. The molecular formula is C18H15FN2. The summed E-state index contributed by atoms with van der Waals surface area (Å²) in [4.78, 5) is 0. The molecule has 0 unspecified atom stereocenters. The smallest absolute Gasteiger partial charge is 0.123 e. The third-order valence-electron chi connectivity index (χ3n) is 4.07. The summed E-state index contributed by atoms with van der Waals surface area (Å²) in [5.74, 6) is -0.223. The lowest BCUT2D eigenvalue weighted by atomic mass is 10.1. The zero-order valence-corrected chi connectivity index (χ0v) is 11.5. The standard InChI is InChI=1S/C18H15FN2/c19-12-8-10-13(11-9-12)21-16-6-2-1-4-14(16)18-15(20)5-3-7-17(18)21/h1-2,4,6-11H,3,5,20H2. The molecule has 1 aliphatic carbocycles. The van der Waals surface area contributed by atoms with Crippen molar-refractivity contribution in [1.82, 2.24) is 4.57 Å². The van der Waals surface area contributed by atoms with Gasteiger partial charge in [-0.15, -0.1) is 0 Å². The Morgan fingerprint density at radius 2 is 1.76 bits per heavy atom. The van der Waals surface area contributed by atoms with Gasteiger partial charge in [-0.2, -0.15) is 0 Å². The molecule has 0 spiro atoms. The van der Waals surface area contributed by atoms with Gasteiger partial charge in [0.2, 0.25) is 0 Å². The molecule has 3 heteroatoms. The molecule has 2 N–H and O–H groups in total. The van der Waals surface area contributed by atoms with Crippen LogP contribution in [0.5, 0.6) is 0 Å². The quantitative estimate of drug-likeness (QED) is 0.728. The minimum absolute atomic E-state index is 0.223. The third-order valence-corrected chi connectivity index (χ3v) is 4.07. The minimum Gasteiger partial charge on any atom is -0.401 e. The molecule has 3 aromatic rings. The molecule has 0 fully saturated rings. The minimum atomic E-state index is -0.223. The summed E-state index contributed by atoms with van der Waals surface area (Å²) in [6.07, 6.45) is 4.05. The number of halogens is 1. The first-order valence-electron chi connectivity index (χ1n) is 7.10. The highest BCUT2D eigenvalue weighted by Gasteiger charge is 2.13. The highest BCUT2D eigenvalue weighted by atomic mass is 19.1. The van der Waals surface area contributed by atoms with Gasteiger partial charge in [-0.25, -0.2) is 4.39 Å². The number of hydrogen-bond donors (Lipinski definition) is 1.